The Kier molecular flexibility index (Phi) is 1.90. The van der Waals surface area contributed by atoms with Crippen LogP contribution in [0, 0.1) is 0 Å². The van der Waals surface area contributed by atoms with E-state index in [2.05, 4.69) is 0 Å². The number of amides is 1. The highest BCUT2D eigenvalue weighted by molar-refractivity contribution is 5.64. The molecule has 1 amide bonds. The fourth-order valence-corrected chi connectivity index (χ4v) is 1.68. The molecule has 0 saturated carbocycles. The smallest absolute Gasteiger partial charge is 0.404 e. The molecular formula is C7H11NO4. The number of hydrogen-bond donors (Lipinski definition) is 1. The Morgan fingerprint density at radius 2 is 2.33 bits per heavy atom. The molecule has 0 bridgehead atoms. The zero-order valence-corrected chi connectivity index (χ0v) is 6.56. The molecule has 2 aliphatic heterocycles. The molecule has 68 valence electrons. The average molecular weight is 173 g/mol. The van der Waals surface area contributed by atoms with Crippen LogP contribution in [0.4, 0.5) is 4.79 Å². The highest BCUT2D eigenvalue weighted by Crippen LogP contribution is 2.27. The molecule has 3 atom stereocenters. The van der Waals surface area contributed by atoms with Gasteiger partial charge in [-0.1, -0.05) is 0 Å². The zero-order chi connectivity index (χ0) is 8.55. The number of fused-ring (bicyclic) bond motifs is 1. The Labute approximate surface area is 69.8 Å². The molecule has 2 aliphatic rings. The van der Waals surface area contributed by atoms with Gasteiger partial charge in [-0.05, 0) is 6.42 Å². The van der Waals surface area contributed by atoms with Gasteiger partial charge in [0.1, 0.15) is 6.10 Å². The molecular weight excluding hydrogens is 162 g/mol. The van der Waals surface area contributed by atoms with E-state index in [1.165, 1.54) is 0 Å². The molecule has 0 aromatic rings. The minimum absolute atomic E-state index is 0.0920. The lowest BCUT2D eigenvalue weighted by molar-refractivity contribution is 0.00785. The predicted molar refractivity (Wildman–Crippen MR) is 38.6 cm³/mol. The van der Waals surface area contributed by atoms with Crippen LogP contribution in [0.15, 0.2) is 0 Å². The van der Waals surface area contributed by atoms with Gasteiger partial charge < -0.3 is 19.9 Å². The van der Waals surface area contributed by atoms with Crippen molar-refractivity contribution in [3.63, 3.8) is 0 Å². The van der Waals surface area contributed by atoms with Gasteiger partial charge in [-0.2, -0.15) is 0 Å². The molecule has 12 heavy (non-hydrogen) atoms. The molecule has 5 heteroatoms. The minimum atomic E-state index is -0.764. The number of primary amides is 1. The van der Waals surface area contributed by atoms with E-state index in [0.29, 0.717) is 13.2 Å². The second-order valence-corrected chi connectivity index (χ2v) is 2.97. The van der Waals surface area contributed by atoms with Gasteiger partial charge in [0.25, 0.3) is 0 Å². The van der Waals surface area contributed by atoms with Crippen LogP contribution in [0.3, 0.4) is 0 Å². The van der Waals surface area contributed by atoms with Crippen LogP contribution < -0.4 is 5.73 Å². The van der Waals surface area contributed by atoms with Crippen LogP contribution in [0.25, 0.3) is 0 Å². The quantitative estimate of drug-likeness (QED) is 0.587. The van der Waals surface area contributed by atoms with Crippen molar-refractivity contribution < 1.29 is 19.0 Å². The molecule has 3 unspecified atom stereocenters. The number of hydrogen-bond acceptors (Lipinski definition) is 4. The normalized spacial score (nSPS) is 39.5. The van der Waals surface area contributed by atoms with Crippen LogP contribution in [-0.2, 0) is 14.2 Å². The summed E-state index contributed by atoms with van der Waals surface area (Å²) < 4.78 is 15.5. The van der Waals surface area contributed by atoms with Crippen molar-refractivity contribution in [1.82, 2.24) is 0 Å². The van der Waals surface area contributed by atoms with Gasteiger partial charge in [0.15, 0.2) is 6.10 Å². The lowest BCUT2D eigenvalue weighted by Crippen LogP contribution is -2.33. The summed E-state index contributed by atoms with van der Waals surface area (Å²) in [6.07, 6.45) is -0.204. The van der Waals surface area contributed by atoms with Crippen molar-refractivity contribution in [3.8, 4) is 0 Å². The summed E-state index contributed by atoms with van der Waals surface area (Å²) in [5.74, 6) is 0. The van der Waals surface area contributed by atoms with Crippen molar-refractivity contribution in [1.29, 1.82) is 0 Å². The Hall–Kier alpha value is -0.810. The van der Waals surface area contributed by atoms with Crippen LogP contribution >= 0.6 is 0 Å². The molecule has 2 saturated heterocycles. The molecule has 0 radical (unpaired) electrons. The summed E-state index contributed by atoms with van der Waals surface area (Å²) in [5, 5.41) is 0. The van der Waals surface area contributed by atoms with E-state index in [0.717, 1.165) is 6.42 Å². The molecule has 0 aromatic heterocycles. The fourth-order valence-electron chi connectivity index (χ4n) is 1.68. The second-order valence-electron chi connectivity index (χ2n) is 2.97. The molecule has 2 rings (SSSR count). The SMILES string of the molecule is NC(=O)OC1COC2CCOC21. The summed E-state index contributed by atoms with van der Waals surface area (Å²) in [6, 6.07) is 0. The first kappa shape index (κ1) is 7.82. The largest absolute Gasteiger partial charge is 0.441 e. The summed E-state index contributed by atoms with van der Waals surface area (Å²) in [6.45, 7) is 1.08. The molecule has 2 fully saturated rings. The van der Waals surface area contributed by atoms with Gasteiger partial charge in [-0.3, -0.25) is 0 Å². The average Bonchev–Trinajstić information content (AvgIpc) is 2.52. The number of carbonyl (C=O) groups is 1. The molecule has 0 spiro atoms. The van der Waals surface area contributed by atoms with Crippen molar-refractivity contribution in [2.24, 2.45) is 5.73 Å². The van der Waals surface area contributed by atoms with Crippen LogP contribution in [0.1, 0.15) is 6.42 Å². The Balaban J connectivity index is 1.95. The van der Waals surface area contributed by atoms with E-state index in [1.54, 1.807) is 0 Å². The summed E-state index contributed by atoms with van der Waals surface area (Å²) >= 11 is 0. The first-order valence-electron chi connectivity index (χ1n) is 3.96. The Morgan fingerprint density at radius 3 is 3.08 bits per heavy atom. The third-order valence-electron chi connectivity index (χ3n) is 2.19. The predicted octanol–water partition coefficient (Wildman–Crippen LogP) is -0.362. The van der Waals surface area contributed by atoms with Crippen molar-refractivity contribution in [2.75, 3.05) is 13.2 Å². The third-order valence-corrected chi connectivity index (χ3v) is 2.19. The van der Waals surface area contributed by atoms with E-state index in [9.17, 15) is 4.79 Å². The summed E-state index contributed by atoms with van der Waals surface area (Å²) in [4.78, 5) is 10.4. The topological polar surface area (TPSA) is 70.8 Å². The maximum atomic E-state index is 10.4. The van der Waals surface area contributed by atoms with Crippen molar-refractivity contribution >= 4 is 6.09 Å². The first-order valence-corrected chi connectivity index (χ1v) is 3.96. The zero-order valence-electron chi connectivity index (χ0n) is 6.56. The number of nitrogens with two attached hydrogens (primary N) is 1. The van der Waals surface area contributed by atoms with E-state index in [4.69, 9.17) is 19.9 Å². The molecule has 2 heterocycles. The van der Waals surface area contributed by atoms with E-state index in [1.807, 2.05) is 0 Å². The van der Waals surface area contributed by atoms with Crippen LogP contribution in [-0.4, -0.2) is 37.6 Å². The summed E-state index contributed by atoms with van der Waals surface area (Å²) in [7, 11) is 0. The van der Waals surface area contributed by atoms with Gasteiger partial charge in [-0.15, -0.1) is 0 Å². The van der Waals surface area contributed by atoms with E-state index in [-0.39, 0.29) is 18.3 Å². The van der Waals surface area contributed by atoms with Gasteiger partial charge >= 0.3 is 6.09 Å². The van der Waals surface area contributed by atoms with Gasteiger partial charge in [-0.25, -0.2) is 4.79 Å². The molecule has 0 aromatic carbocycles. The third kappa shape index (κ3) is 1.25. The number of carbonyl (C=O) groups excluding carboxylic acids is 1. The van der Waals surface area contributed by atoms with Crippen molar-refractivity contribution in [3.05, 3.63) is 0 Å². The molecule has 5 nitrogen and oxygen atoms in total. The summed E-state index contributed by atoms with van der Waals surface area (Å²) in [5.41, 5.74) is 4.88. The molecule has 2 N–H and O–H groups in total. The van der Waals surface area contributed by atoms with E-state index < -0.39 is 6.09 Å². The Bertz CT molecular complexity index is 196. The monoisotopic (exact) mass is 173 g/mol. The van der Waals surface area contributed by atoms with Gasteiger partial charge in [0.05, 0.1) is 12.7 Å². The highest BCUT2D eigenvalue weighted by Gasteiger charge is 2.43. The van der Waals surface area contributed by atoms with E-state index >= 15 is 0 Å². The van der Waals surface area contributed by atoms with Crippen LogP contribution in [0.2, 0.25) is 0 Å². The fraction of sp³-hybridized carbons (Fsp3) is 0.857. The van der Waals surface area contributed by atoms with Gasteiger partial charge in [0, 0.05) is 6.61 Å². The minimum Gasteiger partial charge on any atom is -0.441 e. The molecule has 0 aliphatic carbocycles. The van der Waals surface area contributed by atoms with Crippen LogP contribution in [0.5, 0.6) is 0 Å². The van der Waals surface area contributed by atoms with Crippen molar-refractivity contribution in [2.45, 2.75) is 24.7 Å². The second kappa shape index (κ2) is 2.91. The highest BCUT2D eigenvalue weighted by atomic mass is 16.6. The first-order chi connectivity index (χ1) is 5.77. The van der Waals surface area contributed by atoms with Gasteiger partial charge in [0.2, 0.25) is 0 Å². The maximum Gasteiger partial charge on any atom is 0.404 e. The Morgan fingerprint density at radius 1 is 1.50 bits per heavy atom. The maximum absolute atomic E-state index is 10.4. The lowest BCUT2D eigenvalue weighted by atomic mass is 10.1. The lowest BCUT2D eigenvalue weighted by Gasteiger charge is -2.14. The standard InChI is InChI=1S/C7H11NO4/c8-7(9)12-5-3-11-4-1-2-10-6(4)5/h4-6H,1-3H2,(H2,8,9). The number of rotatable bonds is 1. The number of ether oxygens (including phenoxy) is 3.